The summed E-state index contributed by atoms with van der Waals surface area (Å²) in [5, 5.41) is 14.0. The average Bonchev–Trinajstić information content (AvgIpc) is 3.75. The standard InChI is InChI=1S/C32H39Br2N3S3/c1-3-5-7-9-10-12-14-22(13-11-8-6-4-2)21-37-35-30-28(24-15-17-26(33)39-24)23-19-20-38-32(23)29(31(30)36-37)25-16-18-27(34)40-25/h15-20,22H,3-14,21H2,1-2H3. The second-order valence-corrected chi connectivity index (χ2v) is 16.7. The minimum Gasteiger partial charge on any atom is -0.183 e. The zero-order valence-electron chi connectivity index (χ0n) is 23.6. The molecule has 4 aromatic heterocycles. The maximum absolute atomic E-state index is 5.27. The van der Waals surface area contributed by atoms with Crippen molar-refractivity contribution in [2.75, 3.05) is 0 Å². The fraction of sp³-hybridized carbons (Fsp3) is 0.500. The Kier molecular flexibility index (Phi) is 11.3. The predicted molar refractivity (Wildman–Crippen MR) is 185 cm³/mol. The molecule has 1 atom stereocenters. The molecule has 5 rings (SSSR count). The number of unbranched alkanes of at least 4 members (excludes halogenated alkanes) is 8. The number of hydrogen-bond donors (Lipinski definition) is 0. The van der Waals surface area contributed by atoms with Gasteiger partial charge in [-0.2, -0.15) is 15.0 Å². The Morgan fingerprint density at radius 1 is 0.700 bits per heavy atom. The highest BCUT2D eigenvalue weighted by Crippen LogP contribution is 2.48. The van der Waals surface area contributed by atoms with E-state index in [2.05, 4.69) is 81.4 Å². The fourth-order valence-electron chi connectivity index (χ4n) is 5.71. The van der Waals surface area contributed by atoms with Gasteiger partial charge in [0.2, 0.25) is 0 Å². The highest BCUT2D eigenvalue weighted by atomic mass is 79.9. The highest BCUT2D eigenvalue weighted by molar-refractivity contribution is 9.11. The monoisotopic (exact) mass is 719 g/mol. The van der Waals surface area contributed by atoms with E-state index in [1.54, 1.807) is 22.7 Å². The Bertz CT molecular complexity index is 1420. The molecular formula is C32H39Br2N3S3. The maximum atomic E-state index is 5.27. The molecule has 1 aromatic carbocycles. The molecule has 0 radical (unpaired) electrons. The average molecular weight is 722 g/mol. The van der Waals surface area contributed by atoms with Crippen LogP contribution in [0.25, 0.3) is 42.0 Å². The van der Waals surface area contributed by atoms with E-state index < -0.39 is 0 Å². The third-order valence-corrected chi connectivity index (χ3v) is 12.0. The molecule has 0 aliphatic heterocycles. The summed E-state index contributed by atoms with van der Waals surface area (Å²) in [7, 11) is 0. The molecular weight excluding hydrogens is 682 g/mol. The van der Waals surface area contributed by atoms with Gasteiger partial charge >= 0.3 is 0 Å². The molecule has 0 aliphatic rings. The van der Waals surface area contributed by atoms with E-state index in [0.29, 0.717) is 5.92 Å². The normalized spacial score (nSPS) is 12.7. The zero-order chi connectivity index (χ0) is 27.9. The summed E-state index contributed by atoms with van der Waals surface area (Å²) in [6, 6.07) is 11.0. The largest absolute Gasteiger partial charge is 0.183 e. The number of fused-ring (bicyclic) bond motifs is 2. The first-order valence-electron chi connectivity index (χ1n) is 14.9. The quantitative estimate of drug-likeness (QED) is 0.0950. The van der Waals surface area contributed by atoms with Gasteiger partial charge in [0.1, 0.15) is 11.0 Å². The number of aromatic nitrogens is 3. The minimum absolute atomic E-state index is 0.629. The molecule has 0 saturated carbocycles. The molecule has 3 nitrogen and oxygen atoms in total. The van der Waals surface area contributed by atoms with Gasteiger partial charge < -0.3 is 0 Å². The number of halogens is 2. The highest BCUT2D eigenvalue weighted by Gasteiger charge is 2.24. The lowest BCUT2D eigenvalue weighted by Gasteiger charge is -2.16. The Balaban J connectivity index is 1.50. The zero-order valence-corrected chi connectivity index (χ0v) is 29.2. The van der Waals surface area contributed by atoms with Crippen LogP contribution in [0.3, 0.4) is 0 Å². The Labute approximate surface area is 267 Å². The first-order chi connectivity index (χ1) is 19.6. The molecule has 5 aromatic rings. The second kappa shape index (κ2) is 14.9. The first-order valence-corrected chi connectivity index (χ1v) is 19.0. The van der Waals surface area contributed by atoms with Gasteiger partial charge in [0.15, 0.2) is 0 Å². The fourth-order valence-corrected chi connectivity index (χ4v) is 9.62. The van der Waals surface area contributed by atoms with Crippen molar-refractivity contribution in [1.82, 2.24) is 15.0 Å². The second-order valence-electron chi connectivity index (χ2n) is 10.8. The van der Waals surface area contributed by atoms with Gasteiger partial charge in [-0.05, 0) is 86.3 Å². The summed E-state index contributed by atoms with van der Waals surface area (Å²) >= 11 is 12.8. The van der Waals surface area contributed by atoms with Gasteiger partial charge in [0.05, 0.1) is 14.1 Å². The smallest absolute Gasteiger partial charge is 0.124 e. The SMILES string of the molecule is CCCCCCCCC(CCCCCC)Cn1nc2c(-c3ccc(Br)s3)c3ccsc3c(-c3ccc(Br)s3)c2n1. The molecule has 0 aliphatic carbocycles. The van der Waals surface area contributed by atoms with Gasteiger partial charge in [-0.15, -0.1) is 34.0 Å². The van der Waals surface area contributed by atoms with Crippen molar-refractivity contribution < 1.29 is 0 Å². The van der Waals surface area contributed by atoms with Crippen LogP contribution in [-0.2, 0) is 6.54 Å². The van der Waals surface area contributed by atoms with Gasteiger partial charge in [0, 0.05) is 31.0 Å². The summed E-state index contributed by atoms with van der Waals surface area (Å²) in [4.78, 5) is 4.54. The van der Waals surface area contributed by atoms with Crippen LogP contribution >= 0.6 is 65.9 Å². The molecule has 0 fully saturated rings. The van der Waals surface area contributed by atoms with Crippen LogP contribution < -0.4 is 0 Å². The lowest BCUT2D eigenvalue weighted by atomic mass is 9.94. The molecule has 40 heavy (non-hydrogen) atoms. The van der Waals surface area contributed by atoms with Crippen molar-refractivity contribution in [2.24, 2.45) is 5.92 Å². The van der Waals surface area contributed by atoms with E-state index in [0.717, 1.165) is 25.2 Å². The van der Waals surface area contributed by atoms with Gasteiger partial charge in [0.25, 0.3) is 0 Å². The third kappa shape index (κ3) is 7.28. The van der Waals surface area contributed by atoms with E-state index in [4.69, 9.17) is 10.2 Å². The van der Waals surface area contributed by atoms with Gasteiger partial charge in [-0.25, -0.2) is 0 Å². The third-order valence-electron chi connectivity index (χ3n) is 7.78. The van der Waals surface area contributed by atoms with Crippen LogP contribution in [0.2, 0.25) is 0 Å². The summed E-state index contributed by atoms with van der Waals surface area (Å²) in [5.41, 5.74) is 4.52. The van der Waals surface area contributed by atoms with Crippen LogP contribution in [0.1, 0.15) is 90.9 Å². The van der Waals surface area contributed by atoms with Gasteiger partial charge in [-0.3, -0.25) is 0 Å². The van der Waals surface area contributed by atoms with Crippen LogP contribution in [-0.4, -0.2) is 15.0 Å². The molecule has 4 heterocycles. The van der Waals surface area contributed by atoms with E-state index in [-0.39, 0.29) is 0 Å². The Hall–Kier alpha value is -1.06. The van der Waals surface area contributed by atoms with Crippen molar-refractivity contribution in [3.8, 4) is 20.9 Å². The van der Waals surface area contributed by atoms with Crippen molar-refractivity contribution in [3.05, 3.63) is 43.3 Å². The van der Waals surface area contributed by atoms with E-state index in [9.17, 15) is 0 Å². The lowest BCUT2D eigenvalue weighted by molar-refractivity contribution is 0.327. The topological polar surface area (TPSA) is 30.7 Å². The maximum Gasteiger partial charge on any atom is 0.124 e. The molecule has 1 unspecified atom stereocenters. The van der Waals surface area contributed by atoms with E-state index in [1.807, 2.05) is 16.1 Å². The van der Waals surface area contributed by atoms with E-state index >= 15 is 0 Å². The molecule has 0 saturated heterocycles. The summed E-state index contributed by atoms with van der Waals surface area (Å²) in [6.45, 7) is 5.50. The molecule has 0 spiro atoms. The lowest BCUT2D eigenvalue weighted by Crippen LogP contribution is -2.13. The molecule has 0 N–H and O–H groups in total. The van der Waals surface area contributed by atoms with Crippen molar-refractivity contribution in [3.63, 3.8) is 0 Å². The van der Waals surface area contributed by atoms with Crippen LogP contribution in [0.15, 0.2) is 43.3 Å². The van der Waals surface area contributed by atoms with E-state index in [1.165, 1.54) is 108 Å². The van der Waals surface area contributed by atoms with Crippen molar-refractivity contribution in [1.29, 1.82) is 0 Å². The molecule has 214 valence electrons. The number of hydrogen-bond acceptors (Lipinski definition) is 5. The Morgan fingerprint density at radius 2 is 1.25 bits per heavy atom. The van der Waals surface area contributed by atoms with Crippen LogP contribution in [0, 0.1) is 5.92 Å². The predicted octanol–water partition coefficient (Wildman–Crippen LogP) is 13.0. The first kappa shape index (κ1) is 30.4. The van der Waals surface area contributed by atoms with Crippen molar-refractivity contribution >= 4 is 87.0 Å². The molecule has 8 heteroatoms. The Morgan fingerprint density at radius 3 is 1.85 bits per heavy atom. The van der Waals surface area contributed by atoms with Gasteiger partial charge in [-0.1, -0.05) is 78.1 Å². The minimum atomic E-state index is 0.629. The summed E-state index contributed by atoms with van der Waals surface area (Å²) in [6.07, 6.45) is 15.9. The molecule has 0 bridgehead atoms. The van der Waals surface area contributed by atoms with Crippen LogP contribution in [0.4, 0.5) is 0 Å². The summed E-state index contributed by atoms with van der Waals surface area (Å²) < 4.78 is 3.59. The number of thiophene rings is 3. The number of nitrogens with zero attached hydrogens (tertiary/aromatic N) is 3. The van der Waals surface area contributed by atoms with Crippen molar-refractivity contribution in [2.45, 2.75) is 97.4 Å². The van der Waals surface area contributed by atoms with Crippen LogP contribution in [0.5, 0.6) is 0 Å². The number of rotatable bonds is 16. The molecule has 0 amide bonds. The number of benzene rings is 1. The summed E-state index contributed by atoms with van der Waals surface area (Å²) in [5.74, 6) is 0.629.